The Morgan fingerprint density at radius 3 is 2.22 bits per heavy atom. The number of hydrogen-bond donors (Lipinski definition) is 0. The quantitative estimate of drug-likeness (QED) is 0.762. The summed E-state index contributed by atoms with van der Waals surface area (Å²) in [5, 5.41) is 0. The maximum Gasteiger partial charge on any atom is 0.293 e. The number of Topliss-reactive ketones (excluding diaryl/α,β-unsaturated/α-hetero) is 1. The fourth-order valence-corrected chi connectivity index (χ4v) is 1.75. The van der Waals surface area contributed by atoms with Crippen molar-refractivity contribution >= 4 is 17.4 Å². The van der Waals surface area contributed by atoms with E-state index >= 15 is 0 Å². The summed E-state index contributed by atoms with van der Waals surface area (Å²) < 4.78 is 10.5. The van der Waals surface area contributed by atoms with Crippen LogP contribution < -0.4 is 14.4 Å². The van der Waals surface area contributed by atoms with Crippen molar-refractivity contribution in [3.63, 3.8) is 0 Å². The maximum atomic E-state index is 11.7. The number of likely N-dealkylation sites (N-methyl/N-ethyl adjacent to an activating group) is 1. The van der Waals surface area contributed by atoms with Gasteiger partial charge in [0.25, 0.3) is 5.91 Å². The van der Waals surface area contributed by atoms with Crippen molar-refractivity contribution in [2.75, 3.05) is 26.2 Å². The van der Waals surface area contributed by atoms with E-state index in [4.69, 9.17) is 9.47 Å². The zero-order valence-corrected chi connectivity index (χ0v) is 11.2. The topological polar surface area (TPSA) is 55.8 Å². The number of amides is 1. The maximum absolute atomic E-state index is 11.7. The van der Waals surface area contributed by atoms with Gasteiger partial charge in [-0.25, -0.2) is 0 Å². The van der Waals surface area contributed by atoms with Crippen molar-refractivity contribution in [1.29, 1.82) is 0 Å². The lowest BCUT2D eigenvalue weighted by molar-refractivity contribution is -0.134. The summed E-state index contributed by atoms with van der Waals surface area (Å²) in [6.45, 7) is 3.06. The molecule has 18 heavy (non-hydrogen) atoms. The average Bonchev–Trinajstić information content (AvgIpc) is 2.36. The third-order valence-corrected chi connectivity index (χ3v) is 2.73. The van der Waals surface area contributed by atoms with E-state index in [0.29, 0.717) is 17.2 Å². The number of rotatable bonds is 4. The van der Waals surface area contributed by atoms with Crippen LogP contribution in [0.4, 0.5) is 5.69 Å². The highest BCUT2D eigenvalue weighted by atomic mass is 16.5. The van der Waals surface area contributed by atoms with E-state index in [2.05, 4.69) is 0 Å². The summed E-state index contributed by atoms with van der Waals surface area (Å²) in [6.07, 6.45) is 0. The van der Waals surface area contributed by atoms with Crippen LogP contribution in [0.1, 0.15) is 12.5 Å². The predicted octanol–water partition coefficient (Wildman–Crippen LogP) is 1.56. The molecule has 0 saturated carbocycles. The normalized spacial score (nSPS) is 9.83. The van der Waals surface area contributed by atoms with Crippen LogP contribution in [0, 0.1) is 6.92 Å². The standard InChI is InChI=1S/C13H17NO4/c1-8-11(17-4)7-6-10(12(8)18-5)14(3)13(16)9(2)15/h6-7H,1-5H3. The van der Waals surface area contributed by atoms with E-state index in [1.165, 1.54) is 26.0 Å². The molecule has 0 spiro atoms. The highest BCUT2D eigenvalue weighted by Gasteiger charge is 2.21. The molecule has 0 radical (unpaired) electrons. The number of carbonyl (C=O) groups is 2. The first kappa shape index (κ1) is 14.0. The fourth-order valence-electron chi connectivity index (χ4n) is 1.75. The summed E-state index contributed by atoms with van der Waals surface area (Å²) in [5.74, 6) is 0.0802. The van der Waals surface area contributed by atoms with Crippen LogP contribution in [-0.4, -0.2) is 33.0 Å². The molecule has 0 aliphatic heterocycles. The van der Waals surface area contributed by atoms with Gasteiger partial charge < -0.3 is 14.4 Å². The molecule has 0 bridgehead atoms. The van der Waals surface area contributed by atoms with Gasteiger partial charge in [-0.1, -0.05) is 0 Å². The van der Waals surface area contributed by atoms with E-state index in [-0.39, 0.29) is 0 Å². The average molecular weight is 251 g/mol. The van der Waals surface area contributed by atoms with E-state index < -0.39 is 11.7 Å². The third-order valence-electron chi connectivity index (χ3n) is 2.73. The fraction of sp³-hybridized carbons (Fsp3) is 0.385. The van der Waals surface area contributed by atoms with Crippen molar-refractivity contribution in [3.05, 3.63) is 17.7 Å². The number of anilines is 1. The lowest BCUT2D eigenvalue weighted by atomic mass is 10.1. The van der Waals surface area contributed by atoms with Crippen LogP contribution in [0.25, 0.3) is 0 Å². The zero-order chi connectivity index (χ0) is 13.9. The molecule has 0 aliphatic carbocycles. The van der Waals surface area contributed by atoms with Gasteiger partial charge >= 0.3 is 0 Å². The molecule has 0 saturated heterocycles. The Balaban J connectivity index is 3.29. The number of nitrogens with zero attached hydrogens (tertiary/aromatic N) is 1. The molecule has 1 aromatic rings. The molecule has 1 aromatic carbocycles. The summed E-state index contributed by atoms with van der Waals surface area (Å²) >= 11 is 0. The highest BCUT2D eigenvalue weighted by Crippen LogP contribution is 2.36. The Bertz CT molecular complexity index is 482. The van der Waals surface area contributed by atoms with Crippen molar-refractivity contribution in [1.82, 2.24) is 0 Å². The summed E-state index contributed by atoms with van der Waals surface area (Å²) in [5.41, 5.74) is 1.32. The molecular formula is C13H17NO4. The molecule has 0 heterocycles. The zero-order valence-electron chi connectivity index (χ0n) is 11.2. The minimum Gasteiger partial charge on any atom is -0.496 e. The van der Waals surface area contributed by atoms with Gasteiger partial charge in [0.05, 0.1) is 19.9 Å². The van der Waals surface area contributed by atoms with E-state index in [9.17, 15) is 9.59 Å². The van der Waals surface area contributed by atoms with Crippen LogP contribution in [0.2, 0.25) is 0 Å². The molecule has 0 fully saturated rings. The Morgan fingerprint density at radius 2 is 1.78 bits per heavy atom. The van der Waals surface area contributed by atoms with Gasteiger partial charge in [0.2, 0.25) is 5.78 Å². The van der Waals surface area contributed by atoms with E-state index in [0.717, 1.165) is 5.56 Å². The van der Waals surface area contributed by atoms with Gasteiger partial charge in [0, 0.05) is 19.5 Å². The predicted molar refractivity (Wildman–Crippen MR) is 68.4 cm³/mol. The van der Waals surface area contributed by atoms with Gasteiger partial charge in [-0.3, -0.25) is 9.59 Å². The second kappa shape index (κ2) is 5.53. The molecule has 5 nitrogen and oxygen atoms in total. The smallest absolute Gasteiger partial charge is 0.293 e. The molecule has 0 unspecified atom stereocenters. The van der Waals surface area contributed by atoms with Crippen LogP contribution in [0.3, 0.4) is 0 Å². The Labute approximate surface area is 106 Å². The summed E-state index contributed by atoms with van der Waals surface area (Å²) in [7, 11) is 4.61. The molecular weight excluding hydrogens is 234 g/mol. The van der Waals surface area contributed by atoms with Gasteiger partial charge in [-0.05, 0) is 19.1 Å². The van der Waals surface area contributed by atoms with Gasteiger partial charge in [0.15, 0.2) is 0 Å². The molecule has 1 rings (SSSR count). The molecule has 98 valence electrons. The van der Waals surface area contributed by atoms with E-state index in [1.807, 2.05) is 6.92 Å². The molecule has 0 aromatic heterocycles. The van der Waals surface area contributed by atoms with Crippen molar-refractivity contribution in [3.8, 4) is 11.5 Å². The summed E-state index contributed by atoms with van der Waals surface area (Å²) in [4.78, 5) is 24.0. The minimum absolute atomic E-state index is 0.520. The van der Waals surface area contributed by atoms with Crippen LogP contribution in [0.5, 0.6) is 11.5 Å². The number of ketones is 1. The molecule has 5 heteroatoms. The van der Waals surface area contributed by atoms with Gasteiger partial charge in [-0.15, -0.1) is 0 Å². The Hall–Kier alpha value is -2.04. The number of ether oxygens (including phenoxy) is 2. The first-order valence-electron chi connectivity index (χ1n) is 5.44. The molecule has 1 amide bonds. The molecule has 0 N–H and O–H groups in total. The third kappa shape index (κ3) is 2.45. The largest absolute Gasteiger partial charge is 0.496 e. The Kier molecular flexibility index (Phi) is 4.31. The van der Waals surface area contributed by atoms with Crippen molar-refractivity contribution < 1.29 is 19.1 Å². The molecule has 0 aliphatic rings. The van der Waals surface area contributed by atoms with Crippen LogP contribution in [0.15, 0.2) is 12.1 Å². The second-order valence-corrected chi connectivity index (χ2v) is 3.87. The Morgan fingerprint density at radius 1 is 1.17 bits per heavy atom. The number of hydrogen-bond acceptors (Lipinski definition) is 4. The van der Waals surface area contributed by atoms with Crippen LogP contribution >= 0.6 is 0 Å². The monoisotopic (exact) mass is 251 g/mol. The minimum atomic E-state index is -0.585. The van der Waals surface area contributed by atoms with Gasteiger partial charge in [-0.2, -0.15) is 0 Å². The SMILES string of the molecule is COc1ccc(N(C)C(=O)C(C)=O)c(OC)c1C. The molecule has 0 atom stereocenters. The number of carbonyl (C=O) groups excluding carboxylic acids is 2. The van der Waals surface area contributed by atoms with Gasteiger partial charge in [0.1, 0.15) is 11.5 Å². The van der Waals surface area contributed by atoms with Crippen LogP contribution in [-0.2, 0) is 9.59 Å². The highest BCUT2D eigenvalue weighted by molar-refractivity contribution is 6.40. The first-order valence-corrected chi connectivity index (χ1v) is 5.44. The first-order chi connectivity index (χ1) is 8.43. The number of benzene rings is 1. The lowest BCUT2D eigenvalue weighted by Gasteiger charge is -2.21. The second-order valence-electron chi connectivity index (χ2n) is 3.87. The number of methoxy groups -OCH3 is 2. The summed E-state index contributed by atoms with van der Waals surface area (Å²) in [6, 6.07) is 3.42. The van der Waals surface area contributed by atoms with Crippen molar-refractivity contribution in [2.24, 2.45) is 0 Å². The van der Waals surface area contributed by atoms with E-state index in [1.54, 1.807) is 19.2 Å². The van der Waals surface area contributed by atoms with Crippen molar-refractivity contribution in [2.45, 2.75) is 13.8 Å². The lowest BCUT2D eigenvalue weighted by Crippen LogP contribution is -2.32.